The molecular formula is C16H18ClFN2O3. The van der Waals surface area contributed by atoms with Gasteiger partial charge in [-0.05, 0) is 37.5 Å². The number of anilines is 1. The summed E-state index contributed by atoms with van der Waals surface area (Å²) < 4.78 is 24.6. The highest BCUT2D eigenvalue weighted by molar-refractivity contribution is 6.04. The van der Waals surface area contributed by atoms with Crippen molar-refractivity contribution in [2.24, 2.45) is 5.73 Å². The molecule has 0 atom stereocenters. The van der Waals surface area contributed by atoms with E-state index in [4.69, 9.17) is 14.9 Å². The first kappa shape index (κ1) is 17.3. The Morgan fingerprint density at radius 2 is 2.17 bits per heavy atom. The lowest BCUT2D eigenvalue weighted by atomic mass is 9.96. The van der Waals surface area contributed by atoms with Gasteiger partial charge in [0.25, 0.3) is 5.91 Å². The number of carbonyl (C=O) groups is 1. The van der Waals surface area contributed by atoms with Crippen molar-refractivity contribution in [3.05, 3.63) is 47.7 Å². The lowest BCUT2D eigenvalue weighted by molar-refractivity contribution is 0.102. The van der Waals surface area contributed by atoms with Crippen LogP contribution in [0.5, 0.6) is 5.75 Å². The number of ether oxygens (including phenoxy) is 1. The fourth-order valence-corrected chi connectivity index (χ4v) is 2.15. The van der Waals surface area contributed by atoms with Gasteiger partial charge in [-0.2, -0.15) is 0 Å². The molecule has 5 nitrogen and oxygen atoms in total. The molecule has 1 saturated carbocycles. The second kappa shape index (κ2) is 7.48. The molecule has 3 rings (SSSR count). The summed E-state index contributed by atoms with van der Waals surface area (Å²) in [4.78, 5) is 12.0. The van der Waals surface area contributed by atoms with Crippen LogP contribution in [0.2, 0.25) is 0 Å². The molecule has 2 aromatic rings. The van der Waals surface area contributed by atoms with E-state index >= 15 is 0 Å². The minimum Gasteiger partial charge on any atom is -0.487 e. The van der Waals surface area contributed by atoms with Gasteiger partial charge < -0.3 is 20.2 Å². The maximum absolute atomic E-state index is 14.0. The molecule has 3 N–H and O–H groups in total. The monoisotopic (exact) mass is 340 g/mol. The van der Waals surface area contributed by atoms with Crippen LogP contribution in [0, 0.1) is 5.82 Å². The van der Waals surface area contributed by atoms with Crippen molar-refractivity contribution in [2.75, 3.05) is 5.32 Å². The molecule has 0 unspecified atom stereocenters. The van der Waals surface area contributed by atoms with Crippen molar-refractivity contribution in [3.8, 4) is 5.75 Å². The fourth-order valence-electron chi connectivity index (χ4n) is 2.15. The number of furan rings is 1. The molecule has 0 spiro atoms. The summed E-state index contributed by atoms with van der Waals surface area (Å²) in [5.41, 5.74) is 6.12. The van der Waals surface area contributed by atoms with Gasteiger partial charge >= 0.3 is 0 Å². The highest BCUT2D eigenvalue weighted by atomic mass is 35.5. The first-order valence-electron chi connectivity index (χ1n) is 7.21. The quantitative estimate of drug-likeness (QED) is 0.873. The van der Waals surface area contributed by atoms with E-state index in [1.165, 1.54) is 18.4 Å². The summed E-state index contributed by atoms with van der Waals surface area (Å²) in [5.74, 6) is -0.132. The van der Waals surface area contributed by atoms with Gasteiger partial charge in [0.1, 0.15) is 12.0 Å². The highest BCUT2D eigenvalue weighted by Gasteiger charge is 2.20. The third kappa shape index (κ3) is 4.03. The molecule has 0 aliphatic heterocycles. The molecule has 7 heteroatoms. The Morgan fingerprint density at radius 1 is 1.39 bits per heavy atom. The number of hydrogen-bond donors (Lipinski definition) is 2. The molecule has 1 heterocycles. The summed E-state index contributed by atoms with van der Waals surface area (Å²) in [6.45, 7) is 0.217. The summed E-state index contributed by atoms with van der Waals surface area (Å²) in [5, 5.41) is 2.61. The van der Waals surface area contributed by atoms with Gasteiger partial charge in [0.15, 0.2) is 11.6 Å². The predicted molar refractivity (Wildman–Crippen MR) is 86.5 cm³/mol. The van der Waals surface area contributed by atoms with Gasteiger partial charge in [0, 0.05) is 11.8 Å². The van der Waals surface area contributed by atoms with Crippen LogP contribution in [-0.2, 0) is 6.54 Å². The van der Waals surface area contributed by atoms with Crippen molar-refractivity contribution in [1.82, 2.24) is 0 Å². The normalized spacial score (nSPS) is 13.8. The molecule has 23 heavy (non-hydrogen) atoms. The van der Waals surface area contributed by atoms with Crippen LogP contribution in [0.1, 0.15) is 35.4 Å². The molecule has 1 fully saturated rings. The van der Waals surface area contributed by atoms with Crippen LogP contribution < -0.4 is 15.8 Å². The van der Waals surface area contributed by atoms with Gasteiger partial charge in [-0.25, -0.2) is 4.39 Å². The highest BCUT2D eigenvalue weighted by Crippen LogP contribution is 2.28. The van der Waals surface area contributed by atoms with Crippen LogP contribution in [0.15, 0.2) is 34.9 Å². The third-order valence-corrected chi connectivity index (χ3v) is 3.65. The molecule has 1 aliphatic carbocycles. The van der Waals surface area contributed by atoms with Gasteiger partial charge in [-0.3, -0.25) is 4.79 Å². The molecule has 1 aliphatic rings. The molecule has 1 amide bonds. The Hall–Kier alpha value is -2.05. The number of benzene rings is 1. The number of nitrogens with one attached hydrogen (secondary N) is 1. The largest absolute Gasteiger partial charge is 0.487 e. The van der Waals surface area contributed by atoms with E-state index in [-0.39, 0.29) is 36.7 Å². The fraction of sp³-hybridized carbons (Fsp3) is 0.312. The van der Waals surface area contributed by atoms with Crippen LogP contribution in [-0.4, -0.2) is 12.0 Å². The Labute approximate surface area is 139 Å². The Bertz CT molecular complexity index is 686. The lowest BCUT2D eigenvalue weighted by Gasteiger charge is -2.26. The summed E-state index contributed by atoms with van der Waals surface area (Å²) in [6, 6.07) is 5.94. The maximum atomic E-state index is 14.0. The minimum atomic E-state index is -0.487. The summed E-state index contributed by atoms with van der Waals surface area (Å²) >= 11 is 0. The molecule has 0 bridgehead atoms. The van der Waals surface area contributed by atoms with Crippen molar-refractivity contribution in [1.29, 1.82) is 0 Å². The van der Waals surface area contributed by atoms with Crippen molar-refractivity contribution < 1.29 is 18.3 Å². The second-order valence-electron chi connectivity index (χ2n) is 5.28. The van der Waals surface area contributed by atoms with Crippen molar-refractivity contribution in [3.63, 3.8) is 0 Å². The van der Waals surface area contributed by atoms with Crippen molar-refractivity contribution in [2.45, 2.75) is 31.9 Å². The van der Waals surface area contributed by atoms with Crippen LogP contribution in [0.25, 0.3) is 0 Å². The van der Waals surface area contributed by atoms with Crippen molar-refractivity contribution >= 4 is 24.0 Å². The molecule has 0 saturated heterocycles. The van der Waals surface area contributed by atoms with Gasteiger partial charge in [0.2, 0.25) is 0 Å². The summed E-state index contributed by atoms with van der Waals surface area (Å²) in [7, 11) is 0. The number of hydrogen-bond acceptors (Lipinski definition) is 4. The zero-order valence-electron chi connectivity index (χ0n) is 12.4. The van der Waals surface area contributed by atoms with E-state index < -0.39 is 5.82 Å². The smallest absolute Gasteiger partial charge is 0.258 e. The Morgan fingerprint density at radius 3 is 2.74 bits per heavy atom. The SMILES string of the molecule is Cl.NCc1cc(C(=O)Nc2ccc(OC3CCC3)c(F)c2)co1. The van der Waals surface area contributed by atoms with Gasteiger partial charge in [-0.15, -0.1) is 12.4 Å². The minimum absolute atomic E-state index is 0. The van der Waals surface area contributed by atoms with Crippen LogP contribution >= 0.6 is 12.4 Å². The molecule has 1 aromatic heterocycles. The zero-order chi connectivity index (χ0) is 15.5. The number of rotatable bonds is 5. The third-order valence-electron chi connectivity index (χ3n) is 3.65. The average Bonchev–Trinajstić information content (AvgIpc) is 2.93. The molecule has 1 aromatic carbocycles. The molecule has 0 radical (unpaired) electrons. The van der Waals surface area contributed by atoms with E-state index in [0.29, 0.717) is 17.0 Å². The summed E-state index contributed by atoms with van der Waals surface area (Å²) in [6.07, 6.45) is 4.47. The van der Waals surface area contributed by atoms with E-state index in [9.17, 15) is 9.18 Å². The van der Waals surface area contributed by atoms with Crippen LogP contribution in [0.3, 0.4) is 0 Å². The molecule has 124 valence electrons. The first-order chi connectivity index (χ1) is 10.7. The number of halogens is 2. The second-order valence-corrected chi connectivity index (χ2v) is 5.28. The van der Waals surface area contributed by atoms with Crippen LogP contribution in [0.4, 0.5) is 10.1 Å². The maximum Gasteiger partial charge on any atom is 0.258 e. The average molecular weight is 341 g/mol. The number of carbonyl (C=O) groups excluding carboxylic acids is 1. The Kier molecular flexibility index (Phi) is 5.63. The number of amides is 1. The number of nitrogens with two attached hydrogens (primary N) is 1. The molecular weight excluding hydrogens is 323 g/mol. The Balaban J connectivity index is 0.00000192. The van der Waals surface area contributed by atoms with E-state index in [0.717, 1.165) is 19.3 Å². The zero-order valence-corrected chi connectivity index (χ0v) is 13.2. The lowest BCUT2D eigenvalue weighted by Crippen LogP contribution is -2.25. The van der Waals surface area contributed by atoms with E-state index in [1.807, 2.05) is 0 Å². The predicted octanol–water partition coefficient (Wildman–Crippen LogP) is 3.48. The topological polar surface area (TPSA) is 77.5 Å². The van der Waals surface area contributed by atoms with Gasteiger partial charge in [0.05, 0.1) is 18.2 Å². The van der Waals surface area contributed by atoms with E-state index in [1.54, 1.807) is 12.1 Å². The van der Waals surface area contributed by atoms with Gasteiger partial charge in [-0.1, -0.05) is 0 Å². The standard InChI is InChI=1S/C16H17FN2O3.ClH/c17-14-7-11(4-5-15(14)22-12-2-1-3-12)19-16(20)10-6-13(8-18)21-9-10;/h4-7,9,12H,1-3,8,18H2,(H,19,20);1H. The first-order valence-corrected chi connectivity index (χ1v) is 7.21. The van der Waals surface area contributed by atoms with E-state index in [2.05, 4.69) is 5.32 Å².